The van der Waals surface area contributed by atoms with Gasteiger partial charge < -0.3 is 10.5 Å². The van der Waals surface area contributed by atoms with Gasteiger partial charge in [-0.2, -0.15) is 0 Å². The van der Waals surface area contributed by atoms with Crippen molar-refractivity contribution in [2.75, 3.05) is 13.7 Å². The molecule has 1 aromatic carbocycles. The van der Waals surface area contributed by atoms with Crippen LogP contribution in [0.1, 0.15) is 45.2 Å². The summed E-state index contributed by atoms with van der Waals surface area (Å²) in [6, 6.07) is 9.14. The summed E-state index contributed by atoms with van der Waals surface area (Å²) in [5, 5.41) is 0. The molecule has 1 heterocycles. The van der Waals surface area contributed by atoms with Gasteiger partial charge >= 0.3 is 0 Å². The molecule has 0 aliphatic carbocycles. The molecular weight excluding hydrogens is 248 g/mol. The molecule has 2 rings (SSSR count). The Balaban J connectivity index is 2.35. The van der Waals surface area contributed by atoms with Gasteiger partial charge in [-0.05, 0) is 45.2 Å². The van der Waals surface area contributed by atoms with Crippen molar-refractivity contribution in [1.82, 2.24) is 4.90 Å². The van der Waals surface area contributed by atoms with Gasteiger partial charge in [0.1, 0.15) is 5.75 Å². The third kappa shape index (κ3) is 2.99. The van der Waals surface area contributed by atoms with Crippen LogP contribution in [0.3, 0.4) is 0 Å². The Morgan fingerprint density at radius 3 is 2.65 bits per heavy atom. The number of nitrogens with two attached hydrogens (primary N) is 1. The highest BCUT2D eigenvalue weighted by Crippen LogP contribution is 2.36. The molecule has 1 aliphatic rings. The van der Waals surface area contributed by atoms with E-state index < -0.39 is 0 Å². The average molecular weight is 276 g/mol. The zero-order valence-corrected chi connectivity index (χ0v) is 13.2. The lowest BCUT2D eigenvalue weighted by atomic mass is 9.87. The lowest BCUT2D eigenvalue weighted by Crippen LogP contribution is -2.49. The van der Waals surface area contributed by atoms with E-state index in [4.69, 9.17) is 10.5 Å². The van der Waals surface area contributed by atoms with Gasteiger partial charge in [-0.3, -0.25) is 4.90 Å². The molecule has 0 radical (unpaired) electrons. The molecule has 0 aromatic heterocycles. The highest BCUT2D eigenvalue weighted by atomic mass is 16.5. The maximum atomic E-state index is 6.33. The van der Waals surface area contributed by atoms with Crippen LogP contribution in [0.5, 0.6) is 5.75 Å². The van der Waals surface area contributed by atoms with Crippen LogP contribution in [-0.2, 0) is 0 Å². The Morgan fingerprint density at radius 2 is 2.00 bits per heavy atom. The maximum absolute atomic E-state index is 6.33. The monoisotopic (exact) mass is 276 g/mol. The smallest absolute Gasteiger partial charge is 0.123 e. The van der Waals surface area contributed by atoms with Gasteiger partial charge in [-0.25, -0.2) is 0 Å². The first-order chi connectivity index (χ1) is 9.56. The zero-order valence-electron chi connectivity index (χ0n) is 13.2. The third-order valence-electron chi connectivity index (χ3n) is 4.74. The quantitative estimate of drug-likeness (QED) is 0.917. The predicted molar refractivity (Wildman–Crippen MR) is 84.0 cm³/mol. The molecule has 1 saturated heterocycles. The summed E-state index contributed by atoms with van der Waals surface area (Å²) >= 11 is 0. The standard InChI is InChI=1S/C17H28N2O/c1-12-8-7-11-19(14(12)3)17(13(2)18)15-9-5-6-10-16(15)20-4/h5-6,9-10,12-14,17H,7-8,11,18H2,1-4H3. The fourth-order valence-corrected chi connectivity index (χ4v) is 3.43. The van der Waals surface area contributed by atoms with Crippen LogP contribution in [-0.4, -0.2) is 30.6 Å². The highest BCUT2D eigenvalue weighted by molar-refractivity contribution is 5.37. The zero-order chi connectivity index (χ0) is 14.7. The summed E-state index contributed by atoms with van der Waals surface area (Å²) in [4.78, 5) is 2.57. The molecule has 0 bridgehead atoms. The van der Waals surface area contributed by atoms with Crippen molar-refractivity contribution in [2.45, 2.75) is 51.7 Å². The third-order valence-corrected chi connectivity index (χ3v) is 4.74. The number of ether oxygens (including phenoxy) is 1. The van der Waals surface area contributed by atoms with Crippen molar-refractivity contribution in [2.24, 2.45) is 11.7 Å². The van der Waals surface area contributed by atoms with E-state index in [0.29, 0.717) is 6.04 Å². The number of benzene rings is 1. The van der Waals surface area contributed by atoms with Gasteiger partial charge in [0.2, 0.25) is 0 Å². The first-order valence-corrected chi connectivity index (χ1v) is 7.70. The SMILES string of the molecule is COc1ccccc1C(C(C)N)N1CCCC(C)C1C. The molecule has 1 aliphatic heterocycles. The summed E-state index contributed by atoms with van der Waals surface area (Å²) in [7, 11) is 1.74. The van der Waals surface area contributed by atoms with Gasteiger partial charge in [-0.1, -0.05) is 25.1 Å². The molecule has 3 heteroatoms. The molecule has 0 saturated carbocycles. The Hall–Kier alpha value is -1.06. The topological polar surface area (TPSA) is 38.5 Å². The van der Waals surface area contributed by atoms with E-state index in [1.807, 2.05) is 12.1 Å². The highest BCUT2D eigenvalue weighted by Gasteiger charge is 2.34. The van der Waals surface area contributed by atoms with E-state index in [-0.39, 0.29) is 12.1 Å². The van der Waals surface area contributed by atoms with Crippen molar-refractivity contribution in [1.29, 1.82) is 0 Å². The van der Waals surface area contributed by atoms with E-state index in [2.05, 4.69) is 37.8 Å². The van der Waals surface area contributed by atoms with Crippen molar-refractivity contribution >= 4 is 0 Å². The van der Waals surface area contributed by atoms with Crippen molar-refractivity contribution in [3.8, 4) is 5.75 Å². The van der Waals surface area contributed by atoms with E-state index in [9.17, 15) is 0 Å². The Kier molecular flexibility index (Phi) is 5.06. The molecule has 2 N–H and O–H groups in total. The number of para-hydroxylation sites is 1. The first kappa shape index (κ1) is 15.3. The minimum Gasteiger partial charge on any atom is -0.496 e. The van der Waals surface area contributed by atoms with Gasteiger partial charge in [0.15, 0.2) is 0 Å². The van der Waals surface area contributed by atoms with E-state index in [1.165, 1.54) is 18.4 Å². The van der Waals surface area contributed by atoms with Crippen molar-refractivity contribution < 1.29 is 4.74 Å². The Morgan fingerprint density at radius 1 is 1.30 bits per heavy atom. The van der Waals surface area contributed by atoms with Crippen LogP contribution in [0.2, 0.25) is 0 Å². The normalized spacial score (nSPS) is 27.1. The second-order valence-electron chi connectivity index (χ2n) is 6.14. The van der Waals surface area contributed by atoms with E-state index >= 15 is 0 Å². The van der Waals surface area contributed by atoms with Crippen LogP contribution >= 0.6 is 0 Å². The summed E-state index contributed by atoms with van der Waals surface area (Å²) in [6.07, 6.45) is 2.57. The molecule has 4 unspecified atom stereocenters. The summed E-state index contributed by atoms with van der Waals surface area (Å²) in [6.45, 7) is 7.89. The average Bonchev–Trinajstić information content (AvgIpc) is 2.44. The Bertz CT molecular complexity index is 433. The molecule has 3 nitrogen and oxygen atoms in total. The number of nitrogens with zero attached hydrogens (tertiary/aromatic N) is 1. The lowest BCUT2D eigenvalue weighted by molar-refractivity contribution is 0.0568. The second kappa shape index (κ2) is 6.59. The van der Waals surface area contributed by atoms with Crippen LogP contribution in [0.25, 0.3) is 0 Å². The maximum Gasteiger partial charge on any atom is 0.123 e. The fraction of sp³-hybridized carbons (Fsp3) is 0.647. The molecule has 112 valence electrons. The predicted octanol–water partition coefficient (Wildman–Crippen LogP) is 3.20. The number of piperidine rings is 1. The molecular formula is C17H28N2O. The summed E-state index contributed by atoms with van der Waals surface area (Å²) in [5.74, 6) is 1.67. The van der Waals surface area contributed by atoms with E-state index in [1.54, 1.807) is 7.11 Å². The molecule has 1 fully saturated rings. The molecule has 0 amide bonds. The van der Waals surface area contributed by atoms with Crippen molar-refractivity contribution in [3.05, 3.63) is 29.8 Å². The van der Waals surface area contributed by atoms with Crippen LogP contribution < -0.4 is 10.5 Å². The Labute approximate surface area is 123 Å². The number of rotatable bonds is 4. The molecule has 20 heavy (non-hydrogen) atoms. The van der Waals surface area contributed by atoms with Crippen LogP contribution in [0.4, 0.5) is 0 Å². The molecule has 0 spiro atoms. The largest absolute Gasteiger partial charge is 0.496 e. The van der Waals surface area contributed by atoms with Gasteiger partial charge in [0, 0.05) is 17.6 Å². The van der Waals surface area contributed by atoms with Gasteiger partial charge in [0.05, 0.1) is 13.2 Å². The molecule has 4 atom stereocenters. The molecule has 1 aromatic rings. The van der Waals surface area contributed by atoms with Gasteiger partial charge in [0.25, 0.3) is 0 Å². The fourth-order valence-electron chi connectivity index (χ4n) is 3.43. The van der Waals surface area contributed by atoms with Crippen molar-refractivity contribution in [3.63, 3.8) is 0 Å². The minimum atomic E-state index is 0.0825. The lowest BCUT2D eigenvalue weighted by Gasteiger charge is -2.44. The summed E-state index contributed by atoms with van der Waals surface area (Å²) < 4.78 is 5.55. The number of likely N-dealkylation sites (tertiary alicyclic amines) is 1. The minimum absolute atomic E-state index is 0.0825. The number of methoxy groups -OCH3 is 1. The van der Waals surface area contributed by atoms with Crippen LogP contribution in [0, 0.1) is 5.92 Å². The van der Waals surface area contributed by atoms with Crippen LogP contribution in [0.15, 0.2) is 24.3 Å². The number of hydrogen-bond acceptors (Lipinski definition) is 3. The number of hydrogen-bond donors (Lipinski definition) is 1. The van der Waals surface area contributed by atoms with Gasteiger partial charge in [-0.15, -0.1) is 0 Å². The summed E-state index contributed by atoms with van der Waals surface area (Å²) in [5.41, 5.74) is 7.55. The van der Waals surface area contributed by atoms with E-state index in [0.717, 1.165) is 18.2 Å². The second-order valence-corrected chi connectivity index (χ2v) is 6.14. The first-order valence-electron chi connectivity index (χ1n) is 7.70.